The second-order valence-electron chi connectivity index (χ2n) is 7.50. The fraction of sp³-hybridized carbons (Fsp3) is 0.684. The first kappa shape index (κ1) is 15.8. The zero-order chi connectivity index (χ0) is 15.7. The molecule has 2 aliphatic rings. The van der Waals surface area contributed by atoms with Crippen LogP contribution in [0.4, 0.5) is 0 Å². The highest BCUT2D eigenvalue weighted by Gasteiger charge is 2.31. The average Bonchev–Trinajstić information content (AvgIpc) is 2.51. The van der Waals surface area contributed by atoms with E-state index in [1.807, 2.05) is 0 Å². The Bertz CT molecular complexity index is 506. The minimum atomic E-state index is 0.0989. The minimum absolute atomic E-state index is 0.0989. The molecule has 2 aliphatic heterocycles. The highest BCUT2D eigenvalue weighted by molar-refractivity contribution is 5.46. The predicted octanol–water partition coefficient (Wildman–Crippen LogP) is 3.55. The molecule has 2 unspecified atom stereocenters. The summed E-state index contributed by atoms with van der Waals surface area (Å²) in [5.41, 5.74) is 9.09. The van der Waals surface area contributed by atoms with Crippen molar-refractivity contribution in [2.45, 2.75) is 45.6 Å². The molecule has 0 aromatic heterocycles. The Kier molecular flexibility index (Phi) is 4.74. The van der Waals surface area contributed by atoms with Gasteiger partial charge in [-0.2, -0.15) is 0 Å². The zero-order valence-corrected chi connectivity index (χ0v) is 14.2. The Morgan fingerprint density at radius 3 is 2.68 bits per heavy atom. The number of benzene rings is 1. The summed E-state index contributed by atoms with van der Waals surface area (Å²) in [6.07, 6.45) is 2.63. The number of rotatable bonds is 3. The quantitative estimate of drug-likeness (QED) is 0.928. The summed E-state index contributed by atoms with van der Waals surface area (Å²) in [5, 5.41) is 0. The number of hydrogen-bond acceptors (Lipinski definition) is 3. The lowest BCUT2D eigenvalue weighted by Crippen LogP contribution is -2.43. The van der Waals surface area contributed by atoms with Crippen molar-refractivity contribution in [2.24, 2.45) is 17.6 Å². The Morgan fingerprint density at radius 1 is 1.27 bits per heavy atom. The molecule has 22 heavy (non-hydrogen) atoms. The minimum Gasteiger partial charge on any atom is -0.493 e. The maximum Gasteiger partial charge on any atom is 0.127 e. The first-order valence-electron chi connectivity index (χ1n) is 8.79. The summed E-state index contributed by atoms with van der Waals surface area (Å²) in [5.74, 6) is 2.81. The van der Waals surface area contributed by atoms with Crippen LogP contribution in [0.2, 0.25) is 0 Å². The van der Waals surface area contributed by atoms with Gasteiger partial charge in [-0.25, -0.2) is 0 Å². The van der Waals surface area contributed by atoms with Gasteiger partial charge in [0.15, 0.2) is 0 Å². The van der Waals surface area contributed by atoms with Crippen LogP contribution in [0.1, 0.15) is 56.7 Å². The van der Waals surface area contributed by atoms with Crippen LogP contribution in [-0.4, -0.2) is 31.1 Å². The van der Waals surface area contributed by atoms with E-state index in [1.54, 1.807) is 0 Å². The fourth-order valence-electron chi connectivity index (χ4n) is 3.75. The first-order valence-corrected chi connectivity index (χ1v) is 8.79. The van der Waals surface area contributed by atoms with E-state index < -0.39 is 0 Å². The molecule has 3 rings (SSSR count). The summed E-state index contributed by atoms with van der Waals surface area (Å²) in [6.45, 7) is 11.0. The number of para-hydroxylation sites is 1. The Hall–Kier alpha value is -1.06. The fourth-order valence-corrected chi connectivity index (χ4v) is 3.75. The number of ether oxygens (including phenoxy) is 1. The van der Waals surface area contributed by atoms with Crippen molar-refractivity contribution in [1.29, 1.82) is 0 Å². The normalized spacial score (nSPS) is 26.8. The van der Waals surface area contributed by atoms with E-state index in [0.717, 1.165) is 24.8 Å². The van der Waals surface area contributed by atoms with Crippen molar-refractivity contribution >= 4 is 0 Å². The molecular weight excluding hydrogens is 272 g/mol. The summed E-state index contributed by atoms with van der Waals surface area (Å²) in [6, 6.07) is 6.54. The summed E-state index contributed by atoms with van der Waals surface area (Å²) < 4.78 is 6.15. The number of piperidine rings is 1. The molecule has 0 saturated carbocycles. The van der Waals surface area contributed by atoms with Crippen molar-refractivity contribution in [3.05, 3.63) is 29.3 Å². The third-order valence-electron chi connectivity index (χ3n) is 5.38. The van der Waals surface area contributed by atoms with Crippen molar-refractivity contribution < 1.29 is 4.74 Å². The van der Waals surface area contributed by atoms with Crippen molar-refractivity contribution in [3.63, 3.8) is 0 Å². The van der Waals surface area contributed by atoms with Gasteiger partial charge < -0.3 is 15.4 Å². The lowest BCUT2D eigenvalue weighted by Gasteiger charge is -2.38. The van der Waals surface area contributed by atoms with E-state index in [0.29, 0.717) is 11.8 Å². The van der Waals surface area contributed by atoms with Gasteiger partial charge in [-0.1, -0.05) is 39.0 Å². The molecule has 0 spiro atoms. The van der Waals surface area contributed by atoms with E-state index in [9.17, 15) is 0 Å². The van der Waals surface area contributed by atoms with Crippen LogP contribution >= 0.6 is 0 Å². The van der Waals surface area contributed by atoms with E-state index in [4.69, 9.17) is 10.5 Å². The molecule has 1 aromatic carbocycles. The third kappa shape index (κ3) is 3.16. The molecule has 1 aromatic rings. The zero-order valence-electron chi connectivity index (χ0n) is 14.2. The van der Waals surface area contributed by atoms with Gasteiger partial charge in [-0.15, -0.1) is 0 Å². The van der Waals surface area contributed by atoms with Crippen LogP contribution in [0.3, 0.4) is 0 Å². The van der Waals surface area contributed by atoms with Gasteiger partial charge in [0.25, 0.3) is 0 Å². The Labute approximate surface area is 134 Å². The van der Waals surface area contributed by atoms with Crippen LogP contribution in [-0.2, 0) is 0 Å². The number of hydrogen-bond donors (Lipinski definition) is 1. The molecule has 1 saturated heterocycles. The highest BCUT2D eigenvalue weighted by atomic mass is 16.5. The maximum atomic E-state index is 6.60. The molecule has 3 heteroatoms. The molecule has 2 heterocycles. The predicted molar refractivity (Wildman–Crippen MR) is 91.3 cm³/mol. The largest absolute Gasteiger partial charge is 0.493 e. The molecule has 0 bridgehead atoms. The Morgan fingerprint density at radius 2 is 2.00 bits per heavy atom. The van der Waals surface area contributed by atoms with Crippen LogP contribution in [0.25, 0.3) is 0 Å². The SMILES string of the molecule is CC1CCN(CC2COc3c(C(C)C)cccc3C2N)CC1. The molecule has 1 fully saturated rings. The van der Waals surface area contributed by atoms with Crippen LogP contribution in [0.5, 0.6) is 5.75 Å². The number of nitrogens with two attached hydrogens (primary N) is 1. The molecule has 0 aliphatic carbocycles. The summed E-state index contributed by atoms with van der Waals surface area (Å²) >= 11 is 0. The van der Waals surface area contributed by atoms with Crippen molar-refractivity contribution in [2.75, 3.05) is 26.2 Å². The maximum absolute atomic E-state index is 6.60. The molecule has 3 nitrogen and oxygen atoms in total. The monoisotopic (exact) mass is 302 g/mol. The third-order valence-corrected chi connectivity index (χ3v) is 5.38. The highest BCUT2D eigenvalue weighted by Crippen LogP contribution is 2.39. The number of likely N-dealkylation sites (tertiary alicyclic amines) is 1. The van der Waals surface area contributed by atoms with Crippen LogP contribution in [0, 0.1) is 11.8 Å². The number of fused-ring (bicyclic) bond motifs is 1. The topological polar surface area (TPSA) is 38.5 Å². The molecule has 0 amide bonds. The average molecular weight is 302 g/mol. The standard InChI is InChI=1S/C19H30N2O/c1-13(2)16-5-4-6-17-18(20)15(12-22-19(16)17)11-21-9-7-14(3)8-10-21/h4-6,13-15,18H,7-12,20H2,1-3H3. The molecule has 122 valence electrons. The van der Waals surface area contributed by atoms with E-state index in [1.165, 1.54) is 37.1 Å². The van der Waals surface area contributed by atoms with Gasteiger partial charge in [-0.05, 0) is 43.3 Å². The van der Waals surface area contributed by atoms with E-state index in [-0.39, 0.29) is 6.04 Å². The first-order chi connectivity index (χ1) is 10.6. The number of nitrogens with zero attached hydrogens (tertiary/aromatic N) is 1. The van der Waals surface area contributed by atoms with Gasteiger partial charge in [0, 0.05) is 24.1 Å². The lowest BCUT2D eigenvalue weighted by atomic mass is 9.87. The molecule has 0 radical (unpaired) electrons. The molecule has 2 N–H and O–H groups in total. The molecule has 2 atom stereocenters. The van der Waals surface area contributed by atoms with E-state index >= 15 is 0 Å². The smallest absolute Gasteiger partial charge is 0.127 e. The van der Waals surface area contributed by atoms with Crippen LogP contribution < -0.4 is 10.5 Å². The van der Waals surface area contributed by atoms with Crippen LogP contribution in [0.15, 0.2) is 18.2 Å². The second-order valence-corrected chi connectivity index (χ2v) is 7.50. The Balaban J connectivity index is 1.72. The summed E-state index contributed by atoms with van der Waals surface area (Å²) in [4.78, 5) is 2.57. The molecular formula is C19H30N2O. The second kappa shape index (κ2) is 6.59. The lowest BCUT2D eigenvalue weighted by molar-refractivity contribution is 0.113. The summed E-state index contributed by atoms with van der Waals surface area (Å²) in [7, 11) is 0. The van der Waals surface area contributed by atoms with Gasteiger partial charge in [-0.3, -0.25) is 0 Å². The van der Waals surface area contributed by atoms with Gasteiger partial charge in [0.1, 0.15) is 5.75 Å². The van der Waals surface area contributed by atoms with Gasteiger partial charge >= 0.3 is 0 Å². The van der Waals surface area contributed by atoms with Crippen molar-refractivity contribution in [1.82, 2.24) is 4.90 Å². The van der Waals surface area contributed by atoms with Crippen molar-refractivity contribution in [3.8, 4) is 5.75 Å². The van der Waals surface area contributed by atoms with Gasteiger partial charge in [0.2, 0.25) is 0 Å². The van der Waals surface area contributed by atoms with E-state index in [2.05, 4.69) is 43.9 Å². The van der Waals surface area contributed by atoms with Gasteiger partial charge in [0.05, 0.1) is 6.61 Å².